The molecule has 0 aliphatic heterocycles. The average Bonchev–Trinajstić information content (AvgIpc) is 2.77. The van der Waals surface area contributed by atoms with Gasteiger partial charge in [0.1, 0.15) is 0 Å². The molecule has 188 valence electrons. The van der Waals surface area contributed by atoms with E-state index in [-0.39, 0.29) is 0 Å². The zero-order valence-corrected chi connectivity index (χ0v) is 22.8. The standard InChI is InChI=1S/C30H61Cl/c1-3-5-7-9-11-13-14-15-16-17-18-19-21-23-25-27-29-30(31)28-26-24-22-20-12-10-8-6-4-2/h30H,3-29H2,1-2H3. The summed E-state index contributed by atoms with van der Waals surface area (Å²) in [6.07, 6.45) is 38.4. The molecule has 0 amide bonds. The second-order valence-electron chi connectivity index (χ2n) is 10.3. The molecule has 0 bridgehead atoms. The lowest BCUT2D eigenvalue weighted by Crippen LogP contribution is -1.98. The maximum atomic E-state index is 6.54. The predicted molar refractivity (Wildman–Crippen MR) is 146 cm³/mol. The fraction of sp³-hybridized carbons (Fsp3) is 1.00. The Kier molecular flexibility index (Phi) is 28.6. The lowest BCUT2D eigenvalue weighted by molar-refractivity contribution is 0.516. The molecule has 0 heterocycles. The van der Waals surface area contributed by atoms with Crippen LogP contribution in [-0.4, -0.2) is 5.38 Å². The van der Waals surface area contributed by atoms with Gasteiger partial charge in [0.05, 0.1) is 0 Å². The lowest BCUT2D eigenvalue weighted by atomic mass is 10.0. The van der Waals surface area contributed by atoms with Gasteiger partial charge in [-0.25, -0.2) is 0 Å². The fourth-order valence-corrected chi connectivity index (χ4v) is 5.04. The van der Waals surface area contributed by atoms with E-state index in [0.29, 0.717) is 5.38 Å². The number of hydrogen-bond acceptors (Lipinski definition) is 0. The first-order valence-corrected chi connectivity index (χ1v) is 15.4. The lowest BCUT2D eigenvalue weighted by Gasteiger charge is -2.09. The fourth-order valence-electron chi connectivity index (χ4n) is 4.73. The molecule has 1 unspecified atom stereocenters. The van der Waals surface area contributed by atoms with Gasteiger partial charge < -0.3 is 0 Å². The first-order chi connectivity index (χ1) is 15.3. The van der Waals surface area contributed by atoms with Crippen LogP contribution in [0.25, 0.3) is 0 Å². The van der Waals surface area contributed by atoms with E-state index in [1.54, 1.807) is 0 Å². The van der Waals surface area contributed by atoms with Crippen molar-refractivity contribution >= 4 is 11.6 Å². The van der Waals surface area contributed by atoms with Crippen molar-refractivity contribution in [3.8, 4) is 0 Å². The van der Waals surface area contributed by atoms with Crippen LogP contribution in [0, 0.1) is 0 Å². The van der Waals surface area contributed by atoms with Crippen LogP contribution in [0.2, 0.25) is 0 Å². The van der Waals surface area contributed by atoms with Crippen molar-refractivity contribution in [3.05, 3.63) is 0 Å². The molecule has 0 aromatic rings. The minimum absolute atomic E-state index is 0.441. The van der Waals surface area contributed by atoms with Gasteiger partial charge in [0.15, 0.2) is 0 Å². The summed E-state index contributed by atoms with van der Waals surface area (Å²) in [5.74, 6) is 0. The Balaban J connectivity index is 3.11. The highest BCUT2D eigenvalue weighted by molar-refractivity contribution is 6.20. The van der Waals surface area contributed by atoms with Gasteiger partial charge in [-0.1, -0.05) is 174 Å². The summed E-state index contributed by atoms with van der Waals surface area (Å²) in [6, 6.07) is 0. The van der Waals surface area contributed by atoms with Crippen LogP contribution >= 0.6 is 11.6 Å². The van der Waals surface area contributed by atoms with E-state index in [2.05, 4.69) is 13.8 Å². The summed E-state index contributed by atoms with van der Waals surface area (Å²) in [5.41, 5.74) is 0. The van der Waals surface area contributed by atoms with E-state index in [4.69, 9.17) is 11.6 Å². The molecule has 0 rings (SSSR count). The van der Waals surface area contributed by atoms with Crippen LogP contribution in [0.3, 0.4) is 0 Å². The molecule has 0 radical (unpaired) electrons. The van der Waals surface area contributed by atoms with Gasteiger partial charge in [0, 0.05) is 5.38 Å². The molecule has 0 saturated carbocycles. The molecule has 0 aromatic heterocycles. The number of rotatable bonds is 27. The molecular weight excluding hydrogens is 396 g/mol. The van der Waals surface area contributed by atoms with Crippen molar-refractivity contribution in [1.82, 2.24) is 0 Å². The van der Waals surface area contributed by atoms with Crippen molar-refractivity contribution in [1.29, 1.82) is 0 Å². The van der Waals surface area contributed by atoms with E-state index in [1.165, 1.54) is 173 Å². The van der Waals surface area contributed by atoms with Crippen LogP contribution in [0.1, 0.15) is 187 Å². The molecule has 1 atom stereocenters. The third kappa shape index (κ3) is 28.3. The first-order valence-electron chi connectivity index (χ1n) is 14.9. The molecule has 0 saturated heterocycles. The molecule has 31 heavy (non-hydrogen) atoms. The molecule has 1 heteroatoms. The van der Waals surface area contributed by atoms with E-state index < -0.39 is 0 Å². The van der Waals surface area contributed by atoms with Gasteiger partial charge in [0.25, 0.3) is 0 Å². The molecule has 0 aromatic carbocycles. The maximum absolute atomic E-state index is 6.54. The summed E-state index contributed by atoms with van der Waals surface area (Å²) in [7, 11) is 0. The molecular formula is C30H61Cl. The van der Waals surface area contributed by atoms with Crippen LogP contribution in [0.4, 0.5) is 0 Å². The summed E-state index contributed by atoms with van der Waals surface area (Å²) in [5, 5.41) is 0.441. The summed E-state index contributed by atoms with van der Waals surface area (Å²) in [6.45, 7) is 4.59. The van der Waals surface area contributed by atoms with Crippen molar-refractivity contribution in [3.63, 3.8) is 0 Å². The Hall–Kier alpha value is 0.290. The van der Waals surface area contributed by atoms with Gasteiger partial charge in [0.2, 0.25) is 0 Å². The Bertz CT molecular complexity index is 301. The Morgan fingerprint density at radius 1 is 0.323 bits per heavy atom. The Morgan fingerprint density at radius 3 is 0.742 bits per heavy atom. The van der Waals surface area contributed by atoms with Crippen LogP contribution in [-0.2, 0) is 0 Å². The zero-order valence-electron chi connectivity index (χ0n) is 22.0. The first kappa shape index (κ1) is 31.3. The molecule has 0 aliphatic rings. The van der Waals surface area contributed by atoms with E-state index >= 15 is 0 Å². The number of alkyl halides is 1. The predicted octanol–water partition coefficient (Wildman–Crippen LogP) is 12.2. The zero-order chi connectivity index (χ0) is 22.7. The van der Waals surface area contributed by atoms with E-state index in [1.807, 2.05) is 0 Å². The van der Waals surface area contributed by atoms with Gasteiger partial charge >= 0.3 is 0 Å². The molecule has 0 nitrogen and oxygen atoms in total. The molecule has 0 N–H and O–H groups in total. The molecule has 0 spiro atoms. The minimum atomic E-state index is 0.441. The van der Waals surface area contributed by atoms with Crippen molar-refractivity contribution in [2.45, 2.75) is 193 Å². The second-order valence-corrected chi connectivity index (χ2v) is 10.9. The normalized spacial score (nSPS) is 12.5. The largest absolute Gasteiger partial charge is 0.123 e. The van der Waals surface area contributed by atoms with Crippen molar-refractivity contribution in [2.24, 2.45) is 0 Å². The summed E-state index contributed by atoms with van der Waals surface area (Å²) >= 11 is 6.54. The third-order valence-corrected chi connectivity index (χ3v) is 7.43. The highest BCUT2D eigenvalue weighted by atomic mass is 35.5. The highest BCUT2D eigenvalue weighted by Gasteiger charge is 2.04. The molecule has 0 aliphatic carbocycles. The third-order valence-electron chi connectivity index (χ3n) is 6.99. The molecule has 0 fully saturated rings. The number of unbranched alkanes of at least 4 members (excludes halogenated alkanes) is 23. The van der Waals surface area contributed by atoms with Crippen LogP contribution in [0.15, 0.2) is 0 Å². The minimum Gasteiger partial charge on any atom is -0.123 e. The highest BCUT2D eigenvalue weighted by Crippen LogP contribution is 2.19. The Morgan fingerprint density at radius 2 is 0.516 bits per heavy atom. The monoisotopic (exact) mass is 456 g/mol. The maximum Gasteiger partial charge on any atom is 0.0336 e. The quantitative estimate of drug-likeness (QED) is 0.0850. The summed E-state index contributed by atoms with van der Waals surface area (Å²) in [4.78, 5) is 0. The SMILES string of the molecule is CCCCCCCCCCCCCCCCCCC(Cl)CCCCCCCCCCC. The van der Waals surface area contributed by atoms with Crippen molar-refractivity contribution in [2.75, 3.05) is 0 Å². The van der Waals surface area contributed by atoms with E-state index in [0.717, 1.165) is 0 Å². The van der Waals surface area contributed by atoms with Crippen molar-refractivity contribution < 1.29 is 0 Å². The van der Waals surface area contributed by atoms with Crippen LogP contribution in [0.5, 0.6) is 0 Å². The average molecular weight is 457 g/mol. The van der Waals surface area contributed by atoms with Crippen LogP contribution < -0.4 is 0 Å². The smallest absolute Gasteiger partial charge is 0.0336 e. The van der Waals surface area contributed by atoms with E-state index in [9.17, 15) is 0 Å². The van der Waals surface area contributed by atoms with Gasteiger partial charge in [-0.15, -0.1) is 11.6 Å². The topological polar surface area (TPSA) is 0 Å². The van der Waals surface area contributed by atoms with Gasteiger partial charge in [-0.3, -0.25) is 0 Å². The summed E-state index contributed by atoms with van der Waals surface area (Å²) < 4.78 is 0. The Labute approximate surface area is 204 Å². The number of halogens is 1. The van der Waals surface area contributed by atoms with Gasteiger partial charge in [-0.2, -0.15) is 0 Å². The second kappa shape index (κ2) is 28.3. The van der Waals surface area contributed by atoms with Gasteiger partial charge in [-0.05, 0) is 12.8 Å². The number of hydrogen-bond donors (Lipinski definition) is 0.